The molecule has 7 heteroatoms. The standard InChI is InChI=1S/C20H21ClN4O2/c1-12(14-4-2-13(10-22)3-5-14)25-19(9-18(24-25)20(26)27)15-6-7-17(21)16(8-15)11-23/h2-9,12H,10-11,22-23H2,1H3,(H,26,27). The monoisotopic (exact) mass is 384 g/mol. The molecule has 0 bridgehead atoms. The number of halogens is 1. The highest BCUT2D eigenvalue weighted by molar-refractivity contribution is 6.31. The van der Waals surface area contributed by atoms with Crippen molar-refractivity contribution in [3.8, 4) is 11.3 Å². The van der Waals surface area contributed by atoms with Crippen LogP contribution in [0, 0.1) is 0 Å². The molecule has 6 nitrogen and oxygen atoms in total. The van der Waals surface area contributed by atoms with E-state index in [0.29, 0.717) is 23.8 Å². The average Bonchev–Trinajstić information content (AvgIpc) is 3.13. The summed E-state index contributed by atoms with van der Waals surface area (Å²) in [4.78, 5) is 11.5. The lowest BCUT2D eigenvalue weighted by molar-refractivity contribution is 0.0689. The van der Waals surface area contributed by atoms with Crippen LogP contribution >= 0.6 is 11.6 Å². The van der Waals surface area contributed by atoms with Crippen LogP contribution in [-0.2, 0) is 13.1 Å². The van der Waals surface area contributed by atoms with Gasteiger partial charge < -0.3 is 16.6 Å². The highest BCUT2D eigenvalue weighted by Gasteiger charge is 2.20. The predicted octanol–water partition coefficient (Wildman–Crippen LogP) is 3.43. The van der Waals surface area contributed by atoms with E-state index in [1.165, 1.54) is 0 Å². The Hall–Kier alpha value is -2.67. The van der Waals surface area contributed by atoms with E-state index < -0.39 is 5.97 Å². The molecule has 1 aromatic heterocycles. The highest BCUT2D eigenvalue weighted by atomic mass is 35.5. The summed E-state index contributed by atoms with van der Waals surface area (Å²) < 4.78 is 1.71. The van der Waals surface area contributed by atoms with Gasteiger partial charge in [0.15, 0.2) is 5.69 Å². The summed E-state index contributed by atoms with van der Waals surface area (Å²) in [5.74, 6) is -1.08. The van der Waals surface area contributed by atoms with Crippen LogP contribution < -0.4 is 11.5 Å². The summed E-state index contributed by atoms with van der Waals surface area (Å²) in [6, 6.07) is 14.7. The Balaban J connectivity index is 2.10. The van der Waals surface area contributed by atoms with Gasteiger partial charge in [0, 0.05) is 23.7 Å². The second-order valence-electron chi connectivity index (χ2n) is 6.30. The van der Waals surface area contributed by atoms with E-state index in [4.69, 9.17) is 23.1 Å². The molecule has 2 aromatic carbocycles. The third-order valence-electron chi connectivity index (χ3n) is 4.58. The Morgan fingerprint density at radius 2 is 1.85 bits per heavy atom. The van der Waals surface area contributed by atoms with Gasteiger partial charge in [0.05, 0.1) is 11.7 Å². The van der Waals surface area contributed by atoms with Crippen molar-refractivity contribution in [2.45, 2.75) is 26.1 Å². The number of aromatic carboxylic acids is 1. The minimum Gasteiger partial charge on any atom is -0.476 e. The zero-order chi connectivity index (χ0) is 19.6. The first kappa shape index (κ1) is 19.1. The number of nitrogens with zero attached hydrogens (tertiary/aromatic N) is 2. The molecule has 1 heterocycles. The van der Waals surface area contributed by atoms with Gasteiger partial charge >= 0.3 is 5.97 Å². The van der Waals surface area contributed by atoms with Gasteiger partial charge in [-0.3, -0.25) is 4.68 Å². The van der Waals surface area contributed by atoms with Crippen molar-refractivity contribution < 1.29 is 9.90 Å². The largest absolute Gasteiger partial charge is 0.476 e. The quantitative estimate of drug-likeness (QED) is 0.603. The minimum absolute atomic E-state index is 0.0142. The Kier molecular flexibility index (Phi) is 5.60. The van der Waals surface area contributed by atoms with Crippen LogP contribution in [0.5, 0.6) is 0 Å². The van der Waals surface area contributed by atoms with Crippen LogP contribution in [0.2, 0.25) is 5.02 Å². The third-order valence-corrected chi connectivity index (χ3v) is 4.95. The first-order valence-corrected chi connectivity index (χ1v) is 8.93. The van der Waals surface area contributed by atoms with Gasteiger partial charge in [0.25, 0.3) is 0 Å². The van der Waals surface area contributed by atoms with Crippen molar-refractivity contribution in [3.05, 3.63) is 75.9 Å². The molecule has 0 spiro atoms. The number of carboxylic acid groups (broad SMARTS) is 1. The second kappa shape index (κ2) is 7.92. The van der Waals surface area contributed by atoms with Crippen molar-refractivity contribution in [1.29, 1.82) is 0 Å². The lowest BCUT2D eigenvalue weighted by Gasteiger charge is -2.17. The molecule has 5 N–H and O–H groups in total. The first-order chi connectivity index (χ1) is 12.9. The van der Waals surface area contributed by atoms with Crippen LogP contribution in [0.1, 0.15) is 40.1 Å². The number of benzene rings is 2. The maximum atomic E-state index is 11.5. The fourth-order valence-corrected chi connectivity index (χ4v) is 3.17. The molecule has 0 saturated heterocycles. The number of nitrogens with two attached hydrogens (primary N) is 2. The van der Waals surface area contributed by atoms with E-state index in [9.17, 15) is 9.90 Å². The molecule has 0 aliphatic heterocycles. The Bertz CT molecular complexity index is 967. The number of aromatic nitrogens is 2. The van der Waals surface area contributed by atoms with E-state index in [-0.39, 0.29) is 11.7 Å². The zero-order valence-electron chi connectivity index (χ0n) is 14.9. The molecular weight excluding hydrogens is 364 g/mol. The van der Waals surface area contributed by atoms with Crippen molar-refractivity contribution >= 4 is 17.6 Å². The van der Waals surface area contributed by atoms with Crippen LogP contribution in [0.25, 0.3) is 11.3 Å². The molecule has 1 atom stereocenters. The summed E-state index contributed by atoms with van der Waals surface area (Å²) in [6.45, 7) is 2.74. The van der Waals surface area contributed by atoms with Gasteiger partial charge in [-0.2, -0.15) is 5.10 Å². The van der Waals surface area contributed by atoms with Gasteiger partial charge in [0.2, 0.25) is 0 Å². The maximum absolute atomic E-state index is 11.5. The topological polar surface area (TPSA) is 107 Å². The molecule has 140 valence electrons. The average molecular weight is 385 g/mol. The number of rotatable bonds is 6. The van der Waals surface area contributed by atoms with Crippen molar-refractivity contribution in [3.63, 3.8) is 0 Å². The normalized spacial score (nSPS) is 12.1. The van der Waals surface area contributed by atoms with E-state index in [2.05, 4.69) is 5.10 Å². The summed E-state index contributed by atoms with van der Waals surface area (Å²) >= 11 is 6.16. The lowest BCUT2D eigenvalue weighted by atomic mass is 10.0. The third kappa shape index (κ3) is 3.88. The molecule has 0 aliphatic rings. The molecule has 27 heavy (non-hydrogen) atoms. The van der Waals surface area contributed by atoms with Crippen LogP contribution in [0.15, 0.2) is 48.5 Å². The zero-order valence-corrected chi connectivity index (χ0v) is 15.6. The predicted molar refractivity (Wildman–Crippen MR) is 106 cm³/mol. The number of hydrogen-bond acceptors (Lipinski definition) is 4. The van der Waals surface area contributed by atoms with Crippen LogP contribution in [0.3, 0.4) is 0 Å². The van der Waals surface area contributed by atoms with Gasteiger partial charge in [0.1, 0.15) is 0 Å². The maximum Gasteiger partial charge on any atom is 0.356 e. The van der Waals surface area contributed by atoms with E-state index in [1.807, 2.05) is 43.3 Å². The van der Waals surface area contributed by atoms with Gasteiger partial charge in [-0.1, -0.05) is 41.9 Å². The number of hydrogen-bond donors (Lipinski definition) is 3. The smallest absolute Gasteiger partial charge is 0.356 e. The molecule has 3 rings (SSSR count). The number of carbonyl (C=O) groups is 1. The van der Waals surface area contributed by atoms with Gasteiger partial charge in [-0.25, -0.2) is 4.79 Å². The van der Waals surface area contributed by atoms with E-state index in [1.54, 1.807) is 16.8 Å². The highest BCUT2D eigenvalue weighted by Crippen LogP contribution is 2.30. The van der Waals surface area contributed by atoms with E-state index >= 15 is 0 Å². The van der Waals surface area contributed by atoms with E-state index in [0.717, 1.165) is 22.3 Å². The summed E-state index contributed by atoms with van der Waals surface area (Å²) in [5, 5.41) is 14.3. The van der Waals surface area contributed by atoms with Crippen molar-refractivity contribution in [2.24, 2.45) is 11.5 Å². The SMILES string of the molecule is CC(c1ccc(CN)cc1)n1nc(C(=O)O)cc1-c1ccc(Cl)c(CN)c1. The molecule has 0 radical (unpaired) electrons. The summed E-state index contributed by atoms with van der Waals surface area (Å²) in [6.07, 6.45) is 0. The Morgan fingerprint density at radius 3 is 2.44 bits per heavy atom. The minimum atomic E-state index is -1.08. The molecule has 3 aromatic rings. The molecule has 0 amide bonds. The Labute approximate surface area is 162 Å². The lowest BCUT2D eigenvalue weighted by Crippen LogP contribution is -2.11. The molecule has 0 fully saturated rings. The van der Waals surface area contributed by atoms with Gasteiger partial charge in [-0.05, 0) is 41.8 Å². The fraction of sp³-hybridized carbons (Fsp3) is 0.200. The second-order valence-corrected chi connectivity index (χ2v) is 6.70. The van der Waals surface area contributed by atoms with Crippen LogP contribution in [0.4, 0.5) is 0 Å². The first-order valence-electron chi connectivity index (χ1n) is 8.55. The molecule has 1 unspecified atom stereocenters. The van der Waals surface area contributed by atoms with Crippen molar-refractivity contribution in [1.82, 2.24) is 9.78 Å². The Morgan fingerprint density at radius 1 is 1.15 bits per heavy atom. The summed E-state index contributed by atoms with van der Waals surface area (Å²) in [7, 11) is 0. The molecule has 0 saturated carbocycles. The fourth-order valence-electron chi connectivity index (χ4n) is 2.97. The molecular formula is C20H21ClN4O2. The summed E-state index contributed by atoms with van der Waals surface area (Å²) in [5.41, 5.74) is 15.7. The van der Waals surface area contributed by atoms with Gasteiger partial charge in [-0.15, -0.1) is 0 Å². The van der Waals surface area contributed by atoms with Crippen molar-refractivity contribution in [2.75, 3.05) is 0 Å². The van der Waals surface area contributed by atoms with Crippen LogP contribution in [-0.4, -0.2) is 20.9 Å². The number of carboxylic acids is 1. The molecule has 0 aliphatic carbocycles.